The molecule has 8 heteroatoms. The van der Waals surface area contributed by atoms with Crippen LogP contribution < -0.4 is 4.74 Å². The maximum absolute atomic E-state index is 12.6. The normalized spacial score (nSPS) is 12.7. The Bertz CT molecular complexity index is 1880. The Labute approximate surface area is 227 Å². The first-order chi connectivity index (χ1) is 19.2. The standard InChI is InChI=1S/C32H15F3N4O/c1-18-4-6-20(7-5-18)24-14-26-25-13-23(19-8-10-22(11-9-19)40-32(33,34)35)21(16-36)12-27(25)31(30(17-37)39-3)28(26)15-29(24)38-2/h4-15H,1H3/b31-30-. The van der Waals surface area contributed by atoms with E-state index in [-0.39, 0.29) is 11.3 Å². The summed E-state index contributed by atoms with van der Waals surface area (Å²) in [5.41, 5.74) is 6.52. The molecule has 0 atom stereocenters. The van der Waals surface area contributed by atoms with Crippen LogP contribution in [0.25, 0.3) is 48.6 Å². The maximum Gasteiger partial charge on any atom is 0.573 e. The summed E-state index contributed by atoms with van der Waals surface area (Å²) in [7, 11) is 0. The fourth-order valence-corrected chi connectivity index (χ4v) is 4.81. The minimum Gasteiger partial charge on any atom is -0.406 e. The van der Waals surface area contributed by atoms with Gasteiger partial charge in [0, 0.05) is 11.1 Å². The molecule has 0 heterocycles. The molecule has 4 aromatic carbocycles. The summed E-state index contributed by atoms with van der Waals surface area (Å²) in [6, 6.07) is 23.7. The van der Waals surface area contributed by atoms with Crippen LogP contribution in [0.2, 0.25) is 0 Å². The first kappa shape index (κ1) is 25.8. The van der Waals surface area contributed by atoms with Crippen LogP contribution in [-0.4, -0.2) is 6.36 Å². The molecule has 40 heavy (non-hydrogen) atoms. The van der Waals surface area contributed by atoms with Crippen molar-refractivity contribution in [3.8, 4) is 51.3 Å². The smallest absolute Gasteiger partial charge is 0.406 e. The fourth-order valence-electron chi connectivity index (χ4n) is 4.81. The Hall–Kier alpha value is -5.83. The highest BCUT2D eigenvalue weighted by atomic mass is 19.4. The molecule has 0 fully saturated rings. The van der Waals surface area contributed by atoms with Crippen LogP contribution in [0.3, 0.4) is 0 Å². The summed E-state index contributed by atoms with van der Waals surface area (Å²) in [6.45, 7) is 17.4. The van der Waals surface area contributed by atoms with Crippen molar-refractivity contribution in [2.75, 3.05) is 0 Å². The predicted molar refractivity (Wildman–Crippen MR) is 143 cm³/mol. The summed E-state index contributed by atoms with van der Waals surface area (Å²) in [5, 5.41) is 19.7. The molecule has 0 saturated carbocycles. The Morgan fingerprint density at radius 3 is 1.90 bits per heavy atom. The van der Waals surface area contributed by atoms with Crippen molar-refractivity contribution < 1.29 is 17.9 Å². The third-order valence-corrected chi connectivity index (χ3v) is 6.58. The van der Waals surface area contributed by atoms with E-state index in [1.165, 1.54) is 24.3 Å². The number of halogens is 3. The monoisotopic (exact) mass is 528 g/mol. The molecule has 0 bridgehead atoms. The van der Waals surface area contributed by atoms with Gasteiger partial charge in [-0.05, 0) is 76.2 Å². The molecule has 0 unspecified atom stereocenters. The lowest BCUT2D eigenvalue weighted by atomic mass is 9.92. The number of nitrogens with zero attached hydrogens (tertiary/aromatic N) is 4. The second kappa shape index (κ2) is 9.80. The van der Waals surface area contributed by atoms with E-state index in [1.807, 2.05) is 43.3 Å². The highest BCUT2D eigenvalue weighted by Gasteiger charge is 2.32. The van der Waals surface area contributed by atoms with Crippen LogP contribution in [0.1, 0.15) is 22.3 Å². The maximum atomic E-state index is 12.6. The van der Waals surface area contributed by atoms with Crippen LogP contribution in [0, 0.1) is 42.7 Å². The molecule has 0 radical (unpaired) electrons. The molecule has 0 aromatic heterocycles. The number of fused-ring (bicyclic) bond motifs is 3. The number of hydrogen-bond donors (Lipinski definition) is 0. The number of hydrogen-bond acceptors (Lipinski definition) is 3. The van der Waals surface area contributed by atoms with E-state index in [0.29, 0.717) is 50.2 Å². The lowest BCUT2D eigenvalue weighted by Gasteiger charge is -2.12. The second-order valence-corrected chi connectivity index (χ2v) is 8.97. The number of benzene rings is 4. The van der Waals surface area contributed by atoms with Crippen LogP contribution in [0.4, 0.5) is 18.9 Å². The van der Waals surface area contributed by atoms with Crippen LogP contribution in [0.15, 0.2) is 78.5 Å². The van der Waals surface area contributed by atoms with Crippen molar-refractivity contribution in [3.63, 3.8) is 0 Å². The van der Waals surface area contributed by atoms with Crippen LogP contribution in [0.5, 0.6) is 5.75 Å². The van der Waals surface area contributed by atoms with Gasteiger partial charge in [0.25, 0.3) is 5.70 Å². The van der Waals surface area contributed by atoms with Crippen molar-refractivity contribution >= 4 is 11.3 Å². The zero-order valence-electron chi connectivity index (χ0n) is 20.8. The summed E-state index contributed by atoms with van der Waals surface area (Å²) in [4.78, 5) is 7.12. The molecule has 0 spiro atoms. The van der Waals surface area contributed by atoms with Gasteiger partial charge in [0.2, 0.25) is 0 Å². The molecule has 1 aliphatic carbocycles. The van der Waals surface area contributed by atoms with Gasteiger partial charge in [-0.2, -0.15) is 5.26 Å². The van der Waals surface area contributed by atoms with Crippen molar-refractivity contribution in [1.29, 1.82) is 10.5 Å². The Morgan fingerprint density at radius 2 is 1.35 bits per heavy atom. The Balaban J connectivity index is 1.77. The largest absolute Gasteiger partial charge is 0.573 e. The third kappa shape index (κ3) is 4.52. The minimum absolute atomic E-state index is 0.177. The van der Waals surface area contributed by atoms with Gasteiger partial charge in [-0.25, -0.2) is 15.0 Å². The number of aryl methyl sites for hydroxylation is 1. The number of nitriles is 2. The molecule has 0 N–H and O–H groups in total. The number of ether oxygens (including phenoxy) is 1. The zero-order valence-corrected chi connectivity index (χ0v) is 20.8. The van der Waals surface area contributed by atoms with Gasteiger partial charge in [-0.3, -0.25) is 0 Å². The van der Waals surface area contributed by atoms with Crippen molar-refractivity contribution in [1.82, 2.24) is 0 Å². The summed E-state index contributed by atoms with van der Waals surface area (Å²) in [5.74, 6) is -0.392. The number of allylic oxidation sites excluding steroid dienone is 1. The predicted octanol–water partition coefficient (Wildman–Crippen LogP) is 8.83. The SMILES string of the molecule is [C-]#[N+]/C(C#N)=C1/c2cc(C#N)c(-c3ccc(OC(F)(F)F)cc3)cc2-c2cc(-c3ccc(C)cc3)c([N+]#[C-])cc21. The second-order valence-electron chi connectivity index (χ2n) is 8.97. The lowest BCUT2D eigenvalue weighted by molar-refractivity contribution is -0.274. The van der Waals surface area contributed by atoms with Gasteiger partial charge in [0.1, 0.15) is 5.75 Å². The number of rotatable bonds is 3. The molecular formula is C32H15F3N4O. The minimum atomic E-state index is -4.83. The van der Waals surface area contributed by atoms with Gasteiger partial charge in [0.05, 0.1) is 30.8 Å². The summed E-state index contributed by atoms with van der Waals surface area (Å²) < 4.78 is 41.9. The van der Waals surface area contributed by atoms with Crippen molar-refractivity contribution in [3.05, 3.63) is 124 Å². The van der Waals surface area contributed by atoms with Gasteiger partial charge >= 0.3 is 6.36 Å². The van der Waals surface area contributed by atoms with Crippen molar-refractivity contribution in [2.45, 2.75) is 13.3 Å². The molecular weight excluding hydrogens is 513 g/mol. The van der Waals surface area contributed by atoms with E-state index >= 15 is 0 Å². The Morgan fingerprint density at radius 1 is 0.775 bits per heavy atom. The Kier molecular flexibility index (Phi) is 6.33. The molecule has 0 saturated heterocycles. The van der Waals surface area contributed by atoms with Gasteiger partial charge in [-0.15, -0.1) is 13.2 Å². The van der Waals surface area contributed by atoms with E-state index in [1.54, 1.807) is 18.2 Å². The number of alkyl halides is 3. The quantitative estimate of drug-likeness (QED) is 0.174. The van der Waals surface area contributed by atoms with Gasteiger partial charge < -0.3 is 4.74 Å². The van der Waals surface area contributed by atoms with E-state index in [0.717, 1.165) is 11.1 Å². The zero-order chi connectivity index (χ0) is 28.6. The van der Waals surface area contributed by atoms with Gasteiger partial charge in [0.15, 0.2) is 5.69 Å². The lowest BCUT2D eigenvalue weighted by Crippen LogP contribution is -2.16. The molecule has 5 rings (SSSR count). The average molecular weight is 528 g/mol. The average Bonchev–Trinajstić information content (AvgIpc) is 3.24. The topological polar surface area (TPSA) is 65.5 Å². The van der Waals surface area contributed by atoms with Crippen molar-refractivity contribution in [2.24, 2.45) is 0 Å². The fraction of sp³-hybridized carbons (Fsp3) is 0.0625. The summed E-state index contributed by atoms with van der Waals surface area (Å²) >= 11 is 0. The molecule has 190 valence electrons. The molecule has 1 aliphatic rings. The van der Waals surface area contributed by atoms with E-state index < -0.39 is 12.1 Å². The summed E-state index contributed by atoms with van der Waals surface area (Å²) in [6.07, 6.45) is -4.83. The highest BCUT2D eigenvalue weighted by Crippen LogP contribution is 2.51. The molecule has 5 nitrogen and oxygen atoms in total. The third-order valence-electron chi connectivity index (χ3n) is 6.58. The van der Waals surface area contributed by atoms with E-state index in [4.69, 9.17) is 13.1 Å². The molecule has 0 amide bonds. The molecule has 0 aliphatic heterocycles. The molecule has 4 aromatic rings. The van der Waals surface area contributed by atoms with E-state index in [2.05, 4.69) is 20.5 Å². The highest BCUT2D eigenvalue weighted by molar-refractivity contribution is 6.07. The van der Waals surface area contributed by atoms with Crippen LogP contribution in [-0.2, 0) is 0 Å². The first-order valence-electron chi connectivity index (χ1n) is 11.8. The van der Waals surface area contributed by atoms with Crippen LogP contribution >= 0.6 is 0 Å². The van der Waals surface area contributed by atoms with E-state index in [9.17, 15) is 23.7 Å². The van der Waals surface area contributed by atoms with Gasteiger partial charge in [-0.1, -0.05) is 48.0 Å². The first-order valence-corrected chi connectivity index (χ1v) is 11.8.